The van der Waals surface area contributed by atoms with Crippen LogP contribution in [0.25, 0.3) is 11.1 Å². The minimum absolute atomic E-state index is 0.173. The monoisotopic (exact) mass is 379 g/mol. The molecule has 2 N–H and O–H groups in total. The maximum Gasteiger partial charge on any atom is 0.251 e. The number of methoxy groups -OCH3 is 1. The Morgan fingerprint density at radius 2 is 1.86 bits per heavy atom. The molecule has 6 nitrogen and oxygen atoms in total. The number of hydrogen-bond acceptors (Lipinski definition) is 4. The van der Waals surface area contributed by atoms with E-state index in [-0.39, 0.29) is 17.7 Å². The number of aromatic hydroxyl groups is 1. The second-order valence-corrected chi connectivity index (χ2v) is 6.82. The van der Waals surface area contributed by atoms with Crippen LogP contribution in [-0.4, -0.2) is 34.5 Å². The Morgan fingerprint density at radius 3 is 2.46 bits per heavy atom. The Labute approximate surface area is 164 Å². The van der Waals surface area contributed by atoms with Gasteiger partial charge in [0, 0.05) is 25.9 Å². The molecule has 0 spiro atoms. The van der Waals surface area contributed by atoms with Crippen LogP contribution < -0.4 is 5.32 Å². The molecule has 0 fully saturated rings. The van der Waals surface area contributed by atoms with Gasteiger partial charge in [-0.25, -0.2) is 0 Å². The average molecular weight is 379 g/mol. The molecule has 0 bridgehead atoms. The number of amides is 1. The summed E-state index contributed by atoms with van der Waals surface area (Å²) in [5.74, 6) is 0.116. The third-order valence-electron chi connectivity index (χ3n) is 5.07. The van der Waals surface area contributed by atoms with Crippen molar-refractivity contribution in [3.8, 4) is 16.9 Å². The fraction of sp³-hybridized carbons (Fsp3) is 0.273. The lowest BCUT2D eigenvalue weighted by Gasteiger charge is -2.18. The Balaban J connectivity index is 1.80. The maximum atomic E-state index is 12.7. The number of benzene rings is 2. The first-order valence-corrected chi connectivity index (χ1v) is 9.09. The van der Waals surface area contributed by atoms with Gasteiger partial charge in [-0.2, -0.15) is 5.10 Å². The van der Waals surface area contributed by atoms with Gasteiger partial charge in [-0.05, 0) is 60.4 Å². The van der Waals surface area contributed by atoms with Gasteiger partial charge in [-0.15, -0.1) is 0 Å². The topological polar surface area (TPSA) is 76.4 Å². The molecule has 3 aromatic rings. The predicted octanol–water partition coefficient (Wildman–Crippen LogP) is 3.53. The maximum absolute atomic E-state index is 12.7. The van der Waals surface area contributed by atoms with Crippen molar-refractivity contribution in [1.82, 2.24) is 15.1 Å². The number of nitrogens with zero attached hydrogens (tertiary/aromatic N) is 2. The summed E-state index contributed by atoms with van der Waals surface area (Å²) in [6.45, 7) is 4.23. The molecular formula is C22H25N3O3. The van der Waals surface area contributed by atoms with Crippen LogP contribution in [0.4, 0.5) is 0 Å². The van der Waals surface area contributed by atoms with Crippen molar-refractivity contribution in [2.75, 3.05) is 13.7 Å². The zero-order valence-electron chi connectivity index (χ0n) is 16.6. The van der Waals surface area contributed by atoms with Crippen LogP contribution in [0.5, 0.6) is 5.75 Å². The van der Waals surface area contributed by atoms with E-state index >= 15 is 0 Å². The Morgan fingerprint density at radius 1 is 1.14 bits per heavy atom. The molecule has 1 unspecified atom stereocenters. The highest BCUT2D eigenvalue weighted by Crippen LogP contribution is 2.30. The zero-order chi connectivity index (χ0) is 20.3. The van der Waals surface area contributed by atoms with Crippen molar-refractivity contribution in [2.45, 2.75) is 19.9 Å². The van der Waals surface area contributed by atoms with Crippen molar-refractivity contribution in [2.24, 2.45) is 7.05 Å². The fourth-order valence-corrected chi connectivity index (χ4v) is 3.26. The molecule has 0 radical (unpaired) electrons. The van der Waals surface area contributed by atoms with Crippen molar-refractivity contribution in [3.63, 3.8) is 0 Å². The third-order valence-corrected chi connectivity index (χ3v) is 5.07. The van der Waals surface area contributed by atoms with E-state index in [1.54, 1.807) is 36.2 Å². The van der Waals surface area contributed by atoms with Crippen molar-refractivity contribution in [1.29, 1.82) is 0 Å². The summed E-state index contributed by atoms with van der Waals surface area (Å²) in [7, 11) is 3.44. The molecule has 0 aliphatic carbocycles. The summed E-state index contributed by atoms with van der Waals surface area (Å²) in [6.07, 6.45) is 1.70. The average Bonchev–Trinajstić information content (AvgIpc) is 3.12. The number of carbonyl (C=O) groups excluding carboxylic acids is 1. The number of aryl methyl sites for hydroxylation is 1. The molecule has 1 heterocycles. The van der Waals surface area contributed by atoms with E-state index in [9.17, 15) is 9.90 Å². The number of phenols is 1. The van der Waals surface area contributed by atoms with E-state index in [1.165, 1.54) is 0 Å². The number of aromatic nitrogens is 2. The van der Waals surface area contributed by atoms with Gasteiger partial charge in [0.2, 0.25) is 0 Å². The van der Waals surface area contributed by atoms with E-state index in [0.717, 1.165) is 27.9 Å². The lowest BCUT2D eigenvalue weighted by Crippen LogP contribution is -2.32. The zero-order valence-corrected chi connectivity index (χ0v) is 16.6. The molecule has 0 saturated heterocycles. The number of phenolic OH excluding ortho intramolecular Hbond substituents is 1. The number of hydrogen-bond donors (Lipinski definition) is 2. The first kappa shape index (κ1) is 19.6. The molecule has 146 valence electrons. The first-order valence-electron chi connectivity index (χ1n) is 9.09. The highest BCUT2D eigenvalue weighted by Gasteiger charge is 2.18. The van der Waals surface area contributed by atoms with E-state index in [4.69, 9.17) is 4.74 Å². The minimum Gasteiger partial charge on any atom is -0.508 e. The predicted molar refractivity (Wildman–Crippen MR) is 108 cm³/mol. The van der Waals surface area contributed by atoms with Crippen molar-refractivity contribution < 1.29 is 14.6 Å². The van der Waals surface area contributed by atoms with Gasteiger partial charge in [-0.1, -0.05) is 18.2 Å². The molecule has 0 aliphatic rings. The number of nitrogens with one attached hydrogen (secondary N) is 1. The van der Waals surface area contributed by atoms with E-state index < -0.39 is 0 Å². The summed E-state index contributed by atoms with van der Waals surface area (Å²) in [6, 6.07) is 12.6. The van der Waals surface area contributed by atoms with Gasteiger partial charge in [0.25, 0.3) is 5.91 Å². The highest BCUT2D eigenvalue weighted by molar-refractivity contribution is 5.95. The molecular weight excluding hydrogens is 354 g/mol. The summed E-state index contributed by atoms with van der Waals surface area (Å²) in [5, 5.41) is 17.0. The summed E-state index contributed by atoms with van der Waals surface area (Å²) < 4.78 is 6.98. The second-order valence-electron chi connectivity index (χ2n) is 6.82. The fourth-order valence-electron chi connectivity index (χ4n) is 3.26. The number of rotatable bonds is 6. The molecule has 1 amide bonds. The molecule has 0 saturated carbocycles. The second kappa shape index (κ2) is 8.27. The molecule has 2 aromatic carbocycles. The number of carbonyl (C=O) groups is 1. The van der Waals surface area contributed by atoms with Crippen LogP contribution in [-0.2, 0) is 11.8 Å². The minimum atomic E-state index is -0.285. The first-order chi connectivity index (χ1) is 13.4. The molecule has 28 heavy (non-hydrogen) atoms. The number of ether oxygens (including phenoxy) is 1. The van der Waals surface area contributed by atoms with Crippen LogP contribution in [0.3, 0.4) is 0 Å². The quantitative estimate of drug-likeness (QED) is 0.687. The van der Waals surface area contributed by atoms with Gasteiger partial charge in [0.05, 0.1) is 18.3 Å². The van der Waals surface area contributed by atoms with E-state index in [1.807, 2.05) is 45.2 Å². The van der Waals surface area contributed by atoms with Gasteiger partial charge in [-0.3, -0.25) is 9.48 Å². The smallest absolute Gasteiger partial charge is 0.251 e. The lowest BCUT2D eigenvalue weighted by atomic mass is 9.95. The van der Waals surface area contributed by atoms with Gasteiger partial charge < -0.3 is 15.2 Å². The third kappa shape index (κ3) is 3.92. The molecule has 3 rings (SSSR count). The van der Waals surface area contributed by atoms with Crippen LogP contribution >= 0.6 is 0 Å². The summed E-state index contributed by atoms with van der Waals surface area (Å²) in [5.41, 5.74) is 5.36. The summed E-state index contributed by atoms with van der Waals surface area (Å²) in [4.78, 5) is 12.7. The standard InChI is InChI=1S/C22H25N3O3/c1-14-15(2)21(26)10-9-18(14)16-5-7-17(8-6-16)22(27)24-19(13-28-4)20-11-12-23-25(20)3/h5-12,19,26H,13H2,1-4H3,(H,24,27). The molecule has 1 aromatic heterocycles. The summed E-state index contributed by atoms with van der Waals surface area (Å²) >= 11 is 0. The molecule has 1 atom stereocenters. The highest BCUT2D eigenvalue weighted by atomic mass is 16.5. The normalized spacial score (nSPS) is 12.0. The van der Waals surface area contributed by atoms with Gasteiger partial charge in [0.15, 0.2) is 0 Å². The Hall–Kier alpha value is -3.12. The largest absolute Gasteiger partial charge is 0.508 e. The van der Waals surface area contributed by atoms with E-state index in [2.05, 4.69) is 10.4 Å². The van der Waals surface area contributed by atoms with Gasteiger partial charge >= 0.3 is 0 Å². The Kier molecular flexibility index (Phi) is 5.80. The Bertz CT molecular complexity index is 977. The molecule has 6 heteroatoms. The SMILES string of the molecule is COCC(NC(=O)c1ccc(-c2ccc(O)c(C)c2C)cc1)c1ccnn1C. The van der Waals surface area contributed by atoms with Crippen LogP contribution in [0.15, 0.2) is 48.7 Å². The van der Waals surface area contributed by atoms with Crippen LogP contribution in [0.1, 0.15) is 33.2 Å². The van der Waals surface area contributed by atoms with Crippen LogP contribution in [0.2, 0.25) is 0 Å². The van der Waals surface area contributed by atoms with Crippen molar-refractivity contribution >= 4 is 5.91 Å². The van der Waals surface area contributed by atoms with Crippen molar-refractivity contribution in [3.05, 3.63) is 71.0 Å². The van der Waals surface area contributed by atoms with Crippen LogP contribution in [0, 0.1) is 13.8 Å². The lowest BCUT2D eigenvalue weighted by molar-refractivity contribution is 0.0892. The van der Waals surface area contributed by atoms with E-state index in [0.29, 0.717) is 12.2 Å². The molecule has 0 aliphatic heterocycles. The van der Waals surface area contributed by atoms with Gasteiger partial charge in [0.1, 0.15) is 5.75 Å².